The van der Waals surface area contributed by atoms with Crippen molar-refractivity contribution in [2.24, 2.45) is 0 Å². The van der Waals surface area contributed by atoms with Crippen LogP contribution in [0.4, 0.5) is 20.5 Å². The minimum Gasteiger partial charge on any atom is -0.496 e. The summed E-state index contributed by atoms with van der Waals surface area (Å²) < 4.78 is 35.4. The molecule has 0 saturated carbocycles. The highest BCUT2D eigenvalue weighted by molar-refractivity contribution is 6.11. The fourth-order valence-electron chi connectivity index (χ4n) is 5.51. The maximum atomic E-state index is 15.1. The van der Waals surface area contributed by atoms with Crippen LogP contribution in [0, 0.1) is 18.6 Å². The number of aromatic nitrogens is 2. The molecule has 0 aliphatic carbocycles. The molecule has 2 fully saturated rings. The lowest BCUT2D eigenvalue weighted by molar-refractivity contribution is 0.0996. The fraction of sp³-hybridized carbons (Fsp3) is 0.346. The third-order valence-corrected chi connectivity index (χ3v) is 7.10. The number of carbonyl (C=O) groups excluding carboxylic acids is 1. The van der Waals surface area contributed by atoms with Crippen LogP contribution in [0.1, 0.15) is 34.5 Å². The van der Waals surface area contributed by atoms with E-state index in [0.29, 0.717) is 35.0 Å². The molecule has 2 atom stereocenters. The lowest BCUT2D eigenvalue weighted by Gasteiger charge is -2.33. The van der Waals surface area contributed by atoms with Crippen molar-refractivity contribution >= 4 is 17.7 Å². The van der Waals surface area contributed by atoms with E-state index in [9.17, 15) is 9.18 Å². The zero-order chi connectivity index (χ0) is 24.3. The summed E-state index contributed by atoms with van der Waals surface area (Å²) in [4.78, 5) is 26.5. The van der Waals surface area contributed by atoms with Gasteiger partial charge >= 0.3 is 0 Å². The highest BCUT2D eigenvalue weighted by atomic mass is 19.1. The van der Waals surface area contributed by atoms with Crippen molar-refractivity contribution in [2.45, 2.75) is 38.4 Å². The number of halogens is 2. The Morgan fingerprint density at radius 1 is 1.03 bits per heavy atom. The van der Waals surface area contributed by atoms with Gasteiger partial charge in [0, 0.05) is 48.1 Å². The molecule has 7 nitrogen and oxygen atoms in total. The second kappa shape index (κ2) is 8.27. The predicted octanol–water partition coefficient (Wildman–Crippen LogP) is 3.84. The maximum Gasteiger partial charge on any atom is 0.260 e. The van der Waals surface area contributed by atoms with Crippen molar-refractivity contribution in [3.8, 4) is 16.9 Å². The smallest absolute Gasteiger partial charge is 0.260 e. The first-order valence-corrected chi connectivity index (χ1v) is 11.8. The molecule has 1 amide bonds. The number of methoxy groups -OCH3 is 1. The molecule has 0 spiro atoms. The predicted molar refractivity (Wildman–Crippen MR) is 128 cm³/mol. The zero-order valence-corrected chi connectivity index (χ0v) is 19.5. The van der Waals surface area contributed by atoms with E-state index in [1.54, 1.807) is 12.1 Å². The van der Waals surface area contributed by atoms with E-state index < -0.39 is 11.6 Å². The van der Waals surface area contributed by atoms with Crippen LogP contribution in [0.15, 0.2) is 36.4 Å². The Kier molecular flexibility index (Phi) is 5.17. The topological polar surface area (TPSA) is 70.6 Å². The molecule has 35 heavy (non-hydrogen) atoms. The van der Waals surface area contributed by atoms with Gasteiger partial charge in [0.1, 0.15) is 23.2 Å². The average Bonchev–Trinajstić information content (AvgIpc) is 3.36. The van der Waals surface area contributed by atoms with Crippen molar-refractivity contribution in [1.82, 2.24) is 15.3 Å². The Morgan fingerprint density at radius 3 is 2.51 bits per heavy atom. The lowest BCUT2D eigenvalue weighted by atomic mass is 9.95. The van der Waals surface area contributed by atoms with Gasteiger partial charge < -0.3 is 15.0 Å². The number of ether oxygens (including phenoxy) is 1. The number of piperazine rings is 1. The molecule has 0 radical (unpaired) electrons. The Balaban J connectivity index is 1.40. The molecule has 3 aliphatic heterocycles. The normalized spacial score (nSPS) is 21.0. The number of nitrogens with zero attached hydrogens (tertiary/aromatic N) is 4. The summed E-state index contributed by atoms with van der Waals surface area (Å²) in [6, 6.07) is 9.58. The van der Waals surface area contributed by atoms with Gasteiger partial charge in [-0.15, -0.1) is 0 Å². The van der Waals surface area contributed by atoms with Crippen molar-refractivity contribution in [1.29, 1.82) is 0 Å². The Hall–Kier alpha value is -3.59. The van der Waals surface area contributed by atoms with E-state index in [1.165, 1.54) is 36.3 Å². The van der Waals surface area contributed by atoms with E-state index in [-0.39, 0.29) is 29.3 Å². The van der Waals surface area contributed by atoms with Crippen LogP contribution in [0.25, 0.3) is 11.1 Å². The van der Waals surface area contributed by atoms with Crippen molar-refractivity contribution in [3.05, 3.63) is 64.9 Å². The summed E-state index contributed by atoms with van der Waals surface area (Å²) in [6.45, 7) is 3.57. The number of anilines is 2. The molecule has 2 aromatic carbocycles. The number of rotatable bonds is 4. The zero-order valence-electron chi connectivity index (χ0n) is 19.5. The van der Waals surface area contributed by atoms with E-state index in [2.05, 4.69) is 15.2 Å². The second-order valence-electron chi connectivity index (χ2n) is 9.37. The largest absolute Gasteiger partial charge is 0.496 e. The van der Waals surface area contributed by atoms with Gasteiger partial charge in [0.05, 0.1) is 19.2 Å². The van der Waals surface area contributed by atoms with E-state index in [4.69, 9.17) is 9.72 Å². The van der Waals surface area contributed by atoms with Crippen LogP contribution in [0.5, 0.6) is 5.75 Å². The Labute approximate surface area is 201 Å². The van der Waals surface area contributed by atoms with Gasteiger partial charge in [-0.3, -0.25) is 9.69 Å². The third kappa shape index (κ3) is 3.61. The first-order chi connectivity index (χ1) is 16.9. The molecule has 1 aromatic heterocycles. The van der Waals surface area contributed by atoms with Gasteiger partial charge in [0.25, 0.3) is 5.91 Å². The number of nitrogens with one attached hydrogen (secondary N) is 1. The monoisotopic (exact) mass is 477 g/mol. The molecule has 6 rings (SSSR count). The second-order valence-corrected chi connectivity index (χ2v) is 9.37. The number of carbonyl (C=O) groups is 1. The first kappa shape index (κ1) is 21.9. The summed E-state index contributed by atoms with van der Waals surface area (Å²) in [5.41, 5.74) is 1.52. The van der Waals surface area contributed by atoms with Gasteiger partial charge in [-0.1, -0.05) is 6.07 Å². The van der Waals surface area contributed by atoms with Gasteiger partial charge in [0.2, 0.25) is 5.95 Å². The SMILES string of the molecule is COc1cccc(F)c1-c1c(F)ccc2c1CN(c1cc(C)nc(N3CC4CCC(C3)N4)n1)C2=O. The summed E-state index contributed by atoms with van der Waals surface area (Å²) >= 11 is 0. The number of amides is 1. The molecule has 9 heteroatoms. The van der Waals surface area contributed by atoms with Crippen LogP contribution in [0.3, 0.4) is 0 Å². The summed E-state index contributed by atoms with van der Waals surface area (Å²) in [5.74, 6) is -0.290. The van der Waals surface area contributed by atoms with Crippen molar-refractivity contribution in [2.75, 3.05) is 30.0 Å². The van der Waals surface area contributed by atoms with Crippen LogP contribution in [0.2, 0.25) is 0 Å². The van der Waals surface area contributed by atoms with Crippen LogP contribution in [-0.4, -0.2) is 48.2 Å². The lowest BCUT2D eigenvalue weighted by Crippen LogP contribution is -2.51. The highest BCUT2D eigenvalue weighted by Crippen LogP contribution is 2.41. The molecule has 3 aromatic rings. The summed E-state index contributed by atoms with van der Waals surface area (Å²) in [7, 11) is 1.41. The molecule has 2 saturated heterocycles. The third-order valence-electron chi connectivity index (χ3n) is 7.10. The molecular weight excluding hydrogens is 452 g/mol. The molecule has 1 N–H and O–H groups in total. The molecular formula is C26H25F2N5O2. The number of hydrogen-bond donors (Lipinski definition) is 1. The summed E-state index contributed by atoms with van der Waals surface area (Å²) in [5, 5.41) is 3.60. The quantitative estimate of drug-likeness (QED) is 0.616. The average molecular weight is 478 g/mol. The standard InChI is InChI=1S/C26H25F2N5O2/c1-14-10-22(31-26(29-14)32-11-15-6-7-16(12-32)30-15)33-13-18-17(25(33)34)8-9-20(28)23(18)24-19(27)4-3-5-21(24)35-2/h3-5,8-10,15-16,30H,6-7,11-13H2,1-2H3. The molecule has 4 heterocycles. The number of fused-ring (bicyclic) bond motifs is 3. The fourth-order valence-corrected chi connectivity index (χ4v) is 5.51. The van der Waals surface area contributed by atoms with Gasteiger partial charge in [-0.05, 0) is 49.6 Å². The molecule has 2 bridgehead atoms. The Morgan fingerprint density at radius 2 is 1.77 bits per heavy atom. The van der Waals surface area contributed by atoms with Gasteiger partial charge in [0.15, 0.2) is 0 Å². The molecule has 2 unspecified atom stereocenters. The van der Waals surface area contributed by atoms with E-state index in [0.717, 1.165) is 31.6 Å². The minimum atomic E-state index is -0.615. The van der Waals surface area contributed by atoms with E-state index in [1.807, 2.05) is 6.92 Å². The first-order valence-electron chi connectivity index (χ1n) is 11.8. The van der Waals surface area contributed by atoms with Crippen LogP contribution >= 0.6 is 0 Å². The minimum absolute atomic E-state index is 0.00912. The molecule has 3 aliphatic rings. The van der Waals surface area contributed by atoms with Crippen LogP contribution < -0.4 is 19.9 Å². The number of hydrogen-bond acceptors (Lipinski definition) is 6. The van der Waals surface area contributed by atoms with Crippen LogP contribution in [-0.2, 0) is 6.54 Å². The van der Waals surface area contributed by atoms with Gasteiger partial charge in [-0.25, -0.2) is 13.8 Å². The van der Waals surface area contributed by atoms with Gasteiger partial charge in [-0.2, -0.15) is 4.98 Å². The number of benzene rings is 2. The Bertz CT molecular complexity index is 1340. The highest BCUT2D eigenvalue weighted by Gasteiger charge is 2.36. The van der Waals surface area contributed by atoms with Crippen molar-refractivity contribution in [3.63, 3.8) is 0 Å². The molecule has 180 valence electrons. The maximum absolute atomic E-state index is 15.1. The van der Waals surface area contributed by atoms with Crippen molar-refractivity contribution < 1.29 is 18.3 Å². The summed E-state index contributed by atoms with van der Waals surface area (Å²) in [6.07, 6.45) is 2.27. The number of aryl methyl sites for hydroxylation is 1. The van der Waals surface area contributed by atoms with E-state index >= 15 is 4.39 Å².